The molecule has 1 spiro atoms. The van der Waals surface area contributed by atoms with Crippen molar-refractivity contribution in [2.45, 2.75) is 80.2 Å². The number of ether oxygens (including phenoxy) is 4. The number of benzene rings is 1. The average Bonchev–Trinajstić information content (AvgIpc) is 3.35. The summed E-state index contributed by atoms with van der Waals surface area (Å²) in [4.78, 5) is 16.1. The molecule has 5 saturated carbocycles. The van der Waals surface area contributed by atoms with Gasteiger partial charge >= 0.3 is 5.97 Å². The zero-order valence-corrected chi connectivity index (χ0v) is 23.3. The summed E-state index contributed by atoms with van der Waals surface area (Å²) in [5, 5.41) is 25.6. The van der Waals surface area contributed by atoms with E-state index in [1.54, 1.807) is 39.5 Å². The monoisotopic (exact) mass is 542 g/mol. The van der Waals surface area contributed by atoms with E-state index in [0.717, 1.165) is 6.54 Å². The molecule has 0 aromatic heterocycles. The van der Waals surface area contributed by atoms with E-state index >= 15 is 0 Å². The predicted octanol–water partition coefficient (Wildman–Crippen LogP) is 1.85. The number of aliphatic hydroxyl groups is 2. The number of carbonyl (C=O) groups is 1. The molecule has 0 amide bonds. The second-order valence-electron chi connectivity index (χ2n) is 13.0. The fourth-order valence-electron chi connectivity index (χ4n) is 11.3. The van der Waals surface area contributed by atoms with Gasteiger partial charge in [-0.25, -0.2) is 4.79 Å². The number of likely N-dealkylation sites (N-methyl/N-ethyl adjacent to an activating group) is 1. The van der Waals surface area contributed by atoms with Crippen molar-refractivity contribution in [1.29, 1.82) is 0 Å². The second kappa shape index (κ2) is 8.39. The molecule has 0 radical (unpaired) electrons. The van der Waals surface area contributed by atoms with E-state index in [0.29, 0.717) is 49.9 Å². The SMILES string of the molecule is CCN1C[C@]2(OC(=O)c3ccccc3N)CC[C@H](OC)[C@@]34[C@@H]2C[C@H]([C@@H]13)[C@@]1(O)C[C@H](OC)[C@@H]2C[C@@H]4[C@]1(O)[C@H]2OC. The Balaban J connectivity index is 1.42. The van der Waals surface area contributed by atoms with Gasteiger partial charge in [-0.15, -0.1) is 0 Å². The largest absolute Gasteiger partial charge is 0.454 e. The fourth-order valence-corrected chi connectivity index (χ4v) is 11.3. The molecule has 6 fully saturated rings. The van der Waals surface area contributed by atoms with Crippen LogP contribution >= 0.6 is 0 Å². The van der Waals surface area contributed by atoms with Crippen LogP contribution in [0.15, 0.2) is 24.3 Å². The van der Waals surface area contributed by atoms with E-state index in [1.165, 1.54) is 0 Å². The number of para-hydroxylation sites is 1. The maximum absolute atomic E-state index is 13.7. The van der Waals surface area contributed by atoms with Crippen molar-refractivity contribution in [3.63, 3.8) is 0 Å². The van der Waals surface area contributed by atoms with Crippen LogP contribution in [0.3, 0.4) is 0 Å². The number of nitrogens with zero attached hydrogens (tertiary/aromatic N) is 1. The molecular formula is C30H42N2O7. The molecule has 1 aromatic carbocycles. The van der Waals surface area contributed by atoms with Crippen LogP contribution < -0.4 is 5.73 Å². The van der Waals surface area contributed by atoms with Crippen LogP contribution in [-0.4, -0.2) is 96.7 Å². The topological polar surface area (TPSA) is 124 Å². The predicted molar refractivity (Wildman–Crippen MR) is 142 cm³/mol. The van der Waals surface area contributed by atoms with Crippen LogP contribution in [-0.2, 0) is 18.9 Å². The maximum Gasteiger partial charge on any atom is 0.340 e. The summed E-state index contributed by atoms with van der Waals surface area (Å²) in [6.45, 7) is 3.47. The van der Waals surface area contributed by atoms with Crippen LogP contribution in [0, 0.1) is 29.1 Å². The lowest BCUT2D eigenvalue weighted by atomic mass is 9.44. The van der Waals surface area contributed by atoms with Crippen molar-refractivity contribution in [2.75, 3.05) is 40.2 Å². The third-order valence-corrected chi connectivity index (χ3v) is 12.4. The van der Waals surface area contributed by atoms with Gasteiger partial charge in [0.1, 0.15) is 16.8 Å². The van der Waals surface area contributed by atoms with Crippen LogP contribution in [0.1, 0.15) is 49.4 Å². The molecule has 12 atom stereocenters. The van der Waals surface area contributed by atoms with Crippen molar-refractivity contribution in [3.05, 3.63) is 29.8 Å². The Kier molecular flexibility index (Phi) is 5.63. The highest BCUT2D eigenvalue weighted by Crippen LogP contribution is 2.79. The highest BCUT2D eigenvalue weighted by molar-refractivity contribution is 5.95. The van der Waals surface area contributed by atoms with Gasteiger partial charge in [0, 0.05) is 75.1 Å². The molecule has 6 aliphatic rings. The Morgan fingerprint density at radius 2 is 1.87 bits per heavy atom. The van der Waals surface area contributed by atoms with Crippen LogP contribution in [0.2, 0.25) is 0 Å². The Bertz CT molecular complexity index is 1180. The van der Waals surface area contributed by atoms with Crippen molar-refractivity contribution >= 4 is 11.7 Å². The molecule has 1 heterocycles. The van der Waals surface area contributed by atoms with Gasteiger partial charge in [0.2, 0.25) is 0 Å². The van der Waals surface area contributed by atoms with Crippen LogP contribution in [0.25, 0.3) is 0 Å². The van der Waals surface area contributed by atoms with Gasteiger partial charge in [-0.2, -0.15) is 0 Å². The summed E-state index contributed by atoms with van der Waals surface area (Å²) in [6.07, 6.45) is 2.17. The van der Waals surface area contributed by atoms with Gasteiger partial charge in [-0.3, -0.25) is 4.90 Å². The Morgan fingerprint density at radius 1 is 1.10 bits per heavy atom. The summed E-state index contributed by atoms with van der Waals surface area (Å²) in [5.74, 6) is -1.06. The molecule has 9 heteroatoms. The number of rotatable bonds is 6. The lowest BCUT2D eigenvalue weighted by molar-refractivity contribution is -0.337. The molecule has 1 aromatic rings. The van der Waals surface area contributed by atoms with Crippen molar-refractivity contribution in [1.82, 2.24) is 4.90 Å². The summed E-state index contributed by atoms with van der Waals surface area (Å²) < 4.78 is 24.9. The lowest BCUT2D eigenvalue weighted by Gasteiger charge is -2.70. The third-order valence-electron chi connectivity index (χ3n) is 12.4. The molecule has 39 heavy (non-hydrogen) atoms. The Morgan fingerprint density at radius 3 is 2.54 bits per heavy atom. The quantitative estimate of drug-likeness (QED) is 0.365. The summed E-state index contributed by atoms with van der Waals surface area (Å²) in [7, 11) is 5.09. The highest BCUT2D eigenvalue weighted by atomic mass is 16.6. The minimum absolute atomic E-state index is 0.00601. The molecule has 7 bridgehead atoms. The first kappa shape index (κ1) is 26.2. The lowest BCUT2D eigenvalue weighted by Crippen LogP contribution is -2.83. The Hall–Kier alpha value is -1.75. The van der Waals surface area contributed by atoms with Crippen molar-refractivity contribution in [3.8, 4) is 0 Å². The van der Waals surface area contributed by atoms with E-state index in [1.807, 2.05) is 6.07 Å². The molecule has 1 saturated heterocycles. The van der Waals surface area contributed by atoms with E-state index in [2.05, 4.69) is 11.8 Å². The number of nitrogens with two attached hydrogens (primary N) is 1. The average molecular weight is 543 g/mol. The number of nitrogen functional groups attached to an aromatic ring is 1. The molecule has 5 aliphatic carbocycles. The number of carbonyl (C=O) groups excluding carboxylic acids is 1. The van der Waals surface area contributed by atoms with E-state index in [9.17, 15) is 15.0 Å². The van der Waals surface area contributed by atoms with Crippen molar-refractivity contribution in [2.24, 2.45) is 29.1 Å². The van der Waals surface area contributed by atoms with E-state index < -0.39 is 34.3 Å². The van der Waals surface area contributed by atoms with Gasteiger partial charge < -0.3 is 34.9 Å². The highest BCUT2D eigenvalue weighted by Gasteiger charge is 2.89. The standard InChI is InChI=1S/C30H42N2O7/c1-5-32-15-27(39-26(33)16-8-6-7-9-19(16)31)11-10-23(37-3)29-21(27)13-18(24(29)32)28(34)14-20(36-2)17-12-22(29)30(28,35)25(17)38-4/h6-9,17-18,20-25,34-35H,5,10-15,31H2,1-4H3/t17-,18+,20-,21+,22-,23-,24+,25-,27+,28-,29-,30-/m0/s1. The first-order valence-electron chi connectivity index (χ1n) is 14.5. The maximum atomic E-state index is 13.7. The summed E-state index contributed by atoms with van der Waals surface area (Å²) in [6, 6.07) is 7.04. The van der Waals surface area contributed by atoms with Gasteiger partial charge in [-0.1, -0.05) is 19.1 Å². The number of esters is 1. The molecule has 214 valence electrons. The number of anilines is 1. The minimum atomic E-state index is -1.44. The second-order valence-corrected chi connectivity index (χ2v) is 13.0. The van der Waals surface area contributed by atoms with Gasteiger partial charge in [0.15, 0.2) is 0 Å². The molecule has 7 rings (SSSR count). The van der Waals surface area contributed by atoms with E-state index in [-0.39, 0.29) is 41.9 Å². The molecule has 0 unspecified atom stereocenters. The molecular weight excluding hydrogens is 500 g/mol. The summed E-state index contributed by atoms with van der Waals surface area (Å²) >= 11 is 0. The van der Waals surface area contributed by atoms with Gasteiger partial charge in [0.05, 0.1) is 23.9 Å². The normalized spacial score (nSPS) is 51.1. The molecule has 9 nitrogen and oxygen atoms in total. The molecule has 1 aliphatic heterocycles. The first-order chi connectivity index (χ1) is 18.7. The van der Waals surface area contributed by atoms with E-state index in [4.69, 9.17) is 24.7 Å². The summed E-state index contributed by atoms with van der Waals surface area (Å²) in [5.41, 5.74) is 2.84. The number of hydrogen-bond donors (Lipinski definition) is 3. The third kappa shape index (κ3) is 2.80. The molecule has 4 N–H and O–H groups in total. The smallest absolute Gasteiger partial charge is 0.340 e. The van der Waals surface area contributed by atoms with Gasteiger partial charge in [-0.05, 0) is 44.4 Å². The van der Waals surface area contributed by atoms with Crippen LogP contribution in [0.5, 0.6) is 0 Å². The zero-order valence-electron chi connectivity index (χ0n) is 23.3. The minimum Gasteiger partial charge on any atom is -0.454 e. The number of methoxy groups -OCH3 is 3. The number of likely N-dealkylation sites (tertiary alicyclic amines) is 1. The number of piperidine rings is 1. The number of fused-ring (bicyclic) bond motifs is 2. The fraction of sp³-hybridized carbons (Fsp3) is 0.767. The van der Waals surface area contributed by atoms with Gasteiger partial charge in [0.25, 0.3) is 0 Å². The zero-order chi connectivity index (χ0) is 27.5. The first-order valence-corrected chi connectivity index (χ1v) is 14.5. The Labute approximate surface area is 229 Å². The van der Waals surface area contributed by atoms with Crippen molar-refractivity contribution < 1.29 is 34.0 Å². The van der Waals surface area contributed by atoms with Crippen LogP contribution in [0.4, 0.5) is 5.69 Å². The number of hydrogen-bond acceptors (Lipinski definition) is 9.